The lowest BCUT2D eigenvalue weighted by Gasteiger charge is -2.47. The number of nitrogens with one attached hydrogen (secondary N) is 1. The van der Waals surface area contributed by atoms with Gasteiger partial charge in [-0.2, -0.15) is 0 Å². The number of rotatable bonds is 8. The molecule has 7 heterocycles. The number of aromatic hydroxyl groups is 1. The first kappa shape index (κ1) is 41.7. The number of phenols is 1. The quantitative estimate of drug-likeness (QED) is 0.140. The Bertz CT molecular complexity index is 2600. The fourth-order valence-corrected chi connectivity index (χ4v) is 12.3. The smallest absolute Gasteiger partial charge is 0.328 e. The monoisotopic (exact) mass is 884 g/mol. The summed E-state index contributed by atoms with van der Waals surface area (Å²) >= 11 is 0. The highest BCUT2D eigenvalue weighted by molar-refractivity contribution is 6.06. The first-order valence-electron chi connectivity index (χ1n) is 23.7. The van der Waals surface area contributed by atoms with Crippen LogP contribution in [0, 0.1) is 23.0 Å². The van der Waals surface area contributed by atoms with Crippen LogP contribution in [0.2, 0.25) is 0 Å². The lowest BCUT2D eigenvalue weighted by Crippen LogP contribution is -2.54. The zero-order valence-electron chi connectivity index (χ0n) is 36.8. The molecule has 3 amide bonds. The van der Waals surface area contributed by atoms with Crippen molar-refractivity contribution in [3.05, 3.63) is 84.6 Å². The van der Waals surface area contributed by atoms with E-state index in [1.807, 2.05) is 30.3 Å². The molecule has 1 aliphatic carbocycles. The molecule has 2 atom stereocenters. The number of nitrogen functional groups attached to an aromatic ring is 1. The second-order valence-corrected chi connectivity index (χ2v) is 19.7. The number of para-hydroxylation sites is 1. The molecule has 4 N–H and O–H groups in total. The van der Waals surface area contributed by atoms with E-state index in [1.54, 1.807) is 30.3 Å². The predicted octanol–water partition coefficient (Wildman–Crippen LogP) is 8.08. The number of carbonyl (C=O) groups excluding carboxylic acids is 2. The first-order chi connectivity index (χ1) is 31.6. The van der Waals surface area contributed by atoms with Crippen LogP contribution in [0.1, 0.15) is 76.7 Å². The van der Waals surface area contributed by atoms with Gasteiger partial charge in [0.25, 0.3) is 0 Å². The number of fused-ring (bicyclic) bond motifs is 3. The van der Waals surface area contributed by atoms with Crippen molar-refractivity contribution < 1.29 is 23.5 Å². The third-order valence-electron chi connectivity index (χ3n) is 16.0. The number of carbonyl (C=O) groups is 2. The second-order valence-electron chi connectivity index (χ2n) is 19.7. The van der Waals surface area contributed by atoms with Crippen LogP contribution in [0.5, 0.6) is 5.75 Å². The highest BCUT2D eigenvalue weighted by Gasteiger charge is 2.42. The molecule has 5 aliphatic heterocycles. The third-order valence-corrected chi connectivity index (χ3v) is 16.0. The molecule has 340 valence electrons. The first-order valence-corrected chi connectivity index (χ1v) is 23.7. The number of hydrogen-bond donors (Lipinski definition) is 3. The third kappa shape index (κ3) is 7.89. The summed E-state index contributed by atoms with van der Waals surface area (Å²) in [6, 6.07) is 20.3. The molecule has 2 unspecified atom stereocenters. The molecule has 1 spiro atoms. The zero-order valence-corrected chi connectivity index (χ0v) is 36.8. The number of benzene rings is 3. The Morgan fingerprint density at radius 2 is 1.49 bits per heavy atom. The van der Waals surface area contributed by atoms with Crippen LogP contribution in [0.3, 0.4) is 0 Å². The van der Waals surface area contributed by atoms with Crippen LogP contribution >= 0.6 is 0 Å². The molecule has 13 nitrogen and oxygen atoms in total. The molecule has 2 bridgehead atoms. The minimum absolute atomic E-state index is 0.154. The topological polar surface area (TPSA) is 139 Å². The molecule has 6 fully saturated rings. The van der Waals surface area contributed by atoms with Gasteiger partial charge in [0.2, 0.25) is 5.91 Å². The maximum Gasteiger partial charge on any atom is 0.328 e. The Kier molecular flexibility index (Phi) is 10.8. The summed E-state index contributed by atoms with van der Waals surface area (Å²) in [7, 11) is 0. The summed E-state index contributed by atoms with van der Waals surface area (Å²) < 4.78 is 33.3. The molecule has 6 aliphatic rings. The van der Waals surface area contributed by atoms with Crippen molar-refractivity contribution in [2.24, 2.45) is 11.3 Å². The fourth-order valence-electron chi connectivity index (χ4n) is 12.3. The predicted molar refractivity (Wildman–Crippen MR) is 249 cm³/mol. The standard InChI is InChI=1S/C50H58F2N10O3/c51-39-8-7-35(62-36-5-6-37(62)31-59(30-36)45-28-41(55-56-48(45)53)38-3-1-2-4-46(38)63)26-43(39)58-19-11-32(12-20-58)29-57-23-17-50(18-24-57)15-9-34(10-16-50)60-21-13-33-25-44(40(52)27-42(33)60)61-22-14-47(64)54-49(61)65/h1-4,7-8,13,21,25-28,32,34,36-37,63H,5-6,9-12,14-20,22-24,29-31H2,(H2,53,56)(H,54,64,65). The van der Waals surface area contributed by atoms with Crippen molar-refractivity contribution in [3.8, 4) is 17.0 Å². The maximum absolute atomic E-state index is 15.6. The number of nitrogens with zero attached hydrogens (tertiary/aromatic N) is 8. The van der Waals surface area contributed by atoms with Crippen LogP contribution in [0.25, 0.3) is 22.2 Å². The van der Waals surface area contributed by atoms with Gasteiger partial charge >= 0.3 is 6.03 Å². The number of urea groups is 1. The number of piperidine rings is 2. The van der Waals surface area contributed by atoms with Gasteiger partial charge in [-0.3, -0.25) is 15.0 Å². The number of aromatic nitrogens is 3. The van der Waals surface area contributed by atoms with Gasteiger partial charge in [0.1, 0.15) is 17.4 Å². The highest BCUT2D eigenvalue weighted by atomic mass is 19.1. The maximum atomic E-state index is 15.6. The molecule has 15 heteroatoms. The normalized spacial score (nSPS) is 23.2. The largest absolute Gasteiger partial charge is 0.507 e. The summed E-state index contributed by atoms with van der Waals surface area (Å²) in [5.74, 6) is 0.190. The van der Waals surface area contributed by atoms with E-state index in [-0.39, 0.29) is 48.2 Å². The fraction of sp³-hybridized carbons (Fsp3) is 0.480. The molecular weight excluding hydrogens is 827 g/mol. The van der Waals surface area contributed by atoms with Crippen molar-refractivity contribution in [1.29, 1.82) is 0 Å². The van der Waals surface area contributed by atoms with Crippen LogP contribution in [-0.4, -0.2) is 101 Å². The number of imide groups is 1. The summed E-state index contributed by atoms with van der Waals surface area (Å²) in [4.78, 5) is 35.1. The van der Waals surface area contributed by atoms with Crippen LogP contribution in [0.4, 0.5) is 42.1 Å². The minimum Gasteiger partial charge on any atom is -0.507 e. The van der Waals surface area contributed by atoms with Crippen LogP contribution < -0.4 is 30.7 Å². The highest BCUT2D eigenvalue weighted by Crippen LogP contribution is 2.49. The molecule has 1 saturated carbocycles. The van der Waals surface area contributed by atoms with E-state index in [9.17, 15) is 14.7 Å². The average Bonchev–Trinajstić information content (AvgIpc) is 3.84. The van der Waals surface area contributed by atoms with Crippen LogP contribution in [0.15, 0.2) is 72.9 Å². The van der Waals surface area contributed by atoms with E-state index >= 15 is 8.78 Å². The molecule has 11 rings (SSSR count). The summed E-state index contributed by atoms with van der Waals surface area (Å²) in [6.07, 6.45) is 13.3. The van der Waals surface area contributed by atoms with E-state index in [1.165, 1.54) is 30.6 Å². The van der Waals surface area contributed by atoms with Gasteiger partial charge in [-0.05, 0) is 137 Å². The molecular formula is C50H58F2N10O3. The average molecular weight is 885 g/mol. The number of piperazine rings is 1. The van der Waals surface area contributed by atoms with Crippen molar-refractivity contribution >= 4 is 51.4 Å². The van der Waals surface area contributed by atoms with Gasteiger partial charge in [0, 0.05) is 92.7 Å². The van der Waals surface area contributed by atoms with Gasteiger partial charge in [-0.1, -0.05) is 12.1 Å². The second kappa shape index (κ2) is 16.8. The zero-order chi connectivity index (χ0) is 44.4. The minimum atomic E-state index is -0.577. The molecule has 3 aromatic carbocycles. The number of halogens is 2. The van der Waals surface area contributed by atoms with Gasteiger partial charge < -0.3 is 35.0 Å². The van der Waals surface area contributed by atoms with Gasteiger partial charge in [-0.25, -0.2) is 13.6 Å². The van der Waals surface area contributed by atoms with Crippen molar-refractivity contribution in [2.75, 3.05) is 77.7 Å². The van der Waals surface area contributed by atoms with Crippen molar-refractivity contribution in [3.63, 3.8) is 0 Å². The van der Waals surface area contributed by atoms with Crippen LogP contribution in [-0.2, 0) is 4.79 Å². The molecule has 5 saturated heterocycles. The van der Waals surface area contributed by atoms with Gasteiger partial charge in [-0.15, -0.1) is 10.2 Å². The molecule has 65 heavy (non-hydrogen) atoms. The van der Waals surface area contributed by atoms with Crippen molar-refractivity contribution in [1.82, 2.24) is 25.0 Å². The Morgan fingerprint density at radius 1 is 0.738 bits per heavy atom. The van der Waals surface area contributed by atoms with Gasteiger partial charge in [0.05, 0.1) is 28.3 Å². The number of anilines is 5. The molecule has 5 aromatic rings. The number of nitrogens with two attached hydrogens (primary N) is 1. The lowest BCUT2D eigenvalue weighted by atomic mass is 9.67. The number of phenolic OH excluding ortho intramolecular Hbond substituents is 1. The lowest BCUT2D eigenvalue weighted by molar-refractivity contribution is -0.120. The Labute approximate surface area is 378 Å². The van der Waals surface area contributed by atoms with E-state index in [0.29, 0.717) is 40.1 Å². The Hall–Kier alpha value is -5.96. The summed E-state index contributed by atoms with van der Waals surface area (Å²) in [6.45, 7) is 6.76. The van der Waals surface area contributed by atoms with Gasteiger partial charge in [0.15, 0.2) is 5.82 Å². The van der Waals surface area contributed by atoms with Crippen molar-refractivity contribution in [2.45, 2.75) is 88.8 Å². The Morgan fingerprint density at radius 3 is 2.23 bits per heavy atom. The number of hydrogen-bond acceptors (Lipinski definition) is 10. The summed E-state index contributed by atoms with van der Waals surface area (Å²) in [5, 5.41) is 22.2. The Balaban J connectivity index is 0.667. The molecule has 2 aromatic heterocycles. The number of likely N-dealkylation sites (tertiary alicyclic amines) is 1. The van der Waals surface area contributed by atoms with E-state index in [0.717, 1.165) is 107 Å². The van der Waals surface area contributed by atoms with E-state index < -0.39 is 11.8 Å². The summed E-state index contributed by atoms with van der Waals surface area (Å²) in [5.41, 5.74) is 11.7. The van der Waals surface area contributed by atoms with E-state index in [2.05, 4.69) is 51.9 Å². The SMILES string of the molecule is Nc1nnc(-c2ccccc2O)cc1N1CC2CCC(C1)N2c1ccc(F)c(N2CCC(CN3CCC4(CCC(n5ccc6cc(N7CCC(=O)NC7=O)c(F)cc65)CC4)CC3)CC2)c1. The number of amides is 3. The molecule has 0 radical (unpaired) electrons. The van der Waals surface area contributed by atoms with E-state index in [4.69, 9.17) is 5.73 Å².